The van der Waals surface area contributed by atoms with Crippen LogP contribution in [0.2, 0.25) is 0 Å². The minimum absolute atomic E-state index is 0.0106. The highest BCUT2D eigenvalue weighted by atomic mass is 16.6. The van der Waals surface area contributed by atoms with Crippen LogP contribution < -0.4 is 28.4 Å². The molecule has 2 saturated carbocycles. The monoisotopic (exact) mass is 1490 g/mol. The Kier molecular flexibility index (Phi) is 63.7. The molecule has 2 aliphatic carbocycles. The number of ether oxygens (including phenoxy) is 32. The Morgan fingerprint density at radius 3 is 0.667 bits per heavy atom. The van der Waals surface area contributed by atoms with Crippen molar-refractivity contribution in [3.63, 3.8) is 0 Å². The van der Waals surface area contributed by atoms with Crippen LogP contribution in [0, 0.1) is 22.2 Å². The fourth-order valence-corrected chi connectivity index (χ4v) is 12.6. The first kappa shape index (κ1) is 103. The third kappa shape index (κ3) is 34.1. The summed E-state index contributed by atoms with van der Waals surface area (Å²) < 4.78 is 171. The lowest BCUT2D eigenvalue weighted by Gasteiger charge is -2.44. The smallest absolute Gasteiger partial charge is 0.211 e. The maximum atomic E-state index is 6.00. The van der Waals surface area contributed by atoms with Gasteiger partial charge in [0.2, 0.25) is 34.5 Å². The maximum absolute atomic E-state index is 6.00. The number of rotatable bonds is 50. The zero-order valence-corrected chi connectivity index (χ0v) is 68.1. The third-order valence-electron chi connectivity index (χ3n) is 16.8. The first-order valence-corrected chi connectivity index (χ1v) is 33.0. The molecular formula is C70H140O32. The van der Waals surface area contributed by atoms with Gasteiger partial charge in [0.25, 0.3) is 0 Å². The normalized spacial score (nSPS) is 21.3. The summed E-state index contributed by atoms with van der Waals surface area (Å²) in [6.45, 7) is 7.65. The molecule has 0 amide bonds. The lowest BCUT2D eigenvalue weighted by molar-refractivity contribution is -0.213. The van der Waals surface area contributed by atoms with Crippen LogP contribution >= 0.6 is 0 Å². The Morgan fingerprint density at radius 1 is 0.245 bits per heavy atom. The molecule has 612 valence electrons. The van der Waals surface area contributed by atoms with E-state index >= 15 is 0 Å². The van der Waals surface area contributed by atoms with Gasteiger partial charge in [-0.05, 0) is 6.42 Å². The second kappa shape index (κ2) is 63.0. The molecule has 3 rings (SSSR count). The Balaban J connectivity index is -0.00000116. The summed E-state index contributed by atoms with van der Waals surface area (Å²) in [4.78, 5) is 0. The van der Waals surface area contributed by atoms with Gasteiger partial charge < -0.3 is 152 Å². The maximum Gasteiger partial charge on any atom is 0.211 e. The predicted octanol–water partition coefficient (Wildman–Crippen LogP) is 4.65. The summed E-state index contributed by atoms with van der Waals surface area (Å²) in [6.07, 6.45) is 0.263. The quantitative estimate of drug-likeness (QED) is 0.0857. The van der Waals surface area contributed by atoms with E-state index < -0.39 is 0 Å². The van der Waals surface area contributed by atoms with Crippen LogP contribution in [0.15, 0.2) is 0 Å². The molecule has 0 spiro atoms. The average molecular weight is 1490 g/mol. The van der Waals surface area contributed by atoms with E-state index in [9.17, 15) is 0 Å². The molecule has 0 aromatic heterocycles. The Bertz CT molecular complexity index is 1810. The van der Waals surface area contributed by atoms with E-state index in [0.29, 0.717) is 134 Å². The van der Waals surface area contributed by atoms with Gasteiger partial charge in [0.1, 0.15) is 48.8 Å². The lowest BCUT2D eigenvalue weighted by Crippen LogP contribution is -2.58. The van der Waals surface area contributed by atoms with E-state index in [-0.39, 0.29) is 95.4 Å². The zero-order chi connectivity index (χ0) is 78.1. The minimum Gasteiger partial charge on any atom is -0.490 e. The van der Waals surface area contributed by atoms with Gasteiger partial charge in [-0.1, -0.05) is 0 Å². The molecular weight excluding hydrogens is 1350 g/mol. The summed E-state index contributed by atoms with van der Waals surface area (Å²) in [5.41, 5.74) is -0.887. The second-order valence-electron chi connectivity index (χ2n) is 23.9. The molecule has 0 aliphatic heterocycles. The van der Waals surface area contributed by atoms with Crippen molar-refractivity contribution in [2.75, 3.05) is 320 Å². The van der Waals surface area contributed by atoms with Crippen molar-refractivity contribution in [3.05, 3.63) is 0 Å². The van der Waals surface area contributed by atoms with Gasteiger partial charge in [-0.3, -0.25) is 0 Å². The summed E-state index contributed by atoms with van der Waals surface area (Å²) in [6, 6.07) is 0. The molecule has 32 heteroatoms. The van der Waals surface area contributed by atoms with Crippen LogP contribution in [0.1, 0.15) is 12.8 Å². The second-order valence-corrected chi connectivity index (χ2v) is 23.9. The Morgan fingerprint density at radius 2 is 0.480 bits per heavy atom. The van der Waals surface area contributed by atoms with E-state index in [1.54, 1.807) is 178 Å². The number of benzene rings is 1. The van der Waals surface area contributed by atoms with Gasteiger partial charge in [-0.25, -0.2) is 0 Å². The Labute approximate surface area is 611 Å². The molecule has 11 unspecified atom stereocenters. The molecule has 102 heavy (non-hydrogen) atoms. The molecule has 0 saturated heterocycles. The highest BCUT2D eigenvalue weighted by Crippen LogP contribution is 2.57. The van der Waals surface area contributed by atoms with Gasteiger partial charge in [0, 0.05) is 190 Å². The number of methoxy groups -OCH3 is 31. The highest BCUT2D eigenvalue weighted by Gasteiger charge is 2.48. The molecule has 2 aliphatic rings. The lowest BCUT2D eigenvalue weighted by atomic mass is 9.80. The molecule has 0 radical (unpaired) electrons. The average Bonchev–Trinajstić information content (AvgIpc) is 0.823. The van der Waals surface area contributed by atoms with Gasteiger partial charge in [0.15, 0.2) is 0 Å². The number of hydrogen-bond donors (Lipinski definition) is 0. The van der Waals surface area contributed by atoms with E-state index in [2.05, 4.69) is 0 Å². The molecule has 1 aromatic rings. The van der Waals surface area contributed by atoms with Gasteiger partial charge in [-0.15, -0.1) is 0 Å². The van der Waals surface area contributed by atoms with Crippen LogP contribution in [0.3, 0.4) is 0 Å². The summed E-state index contributed by atoms with van der Waals surface area (Å²) in [7, 11) is 50.5. The number of hydrogen-bond acceptors (Lipinski definition) is 32. The van der Waals surface area contributed by atoms with E-state index in [0.717, 1.165) is 12.8 Å². The van der Waals surface area contributed by atoms with Crippen molar-refractivity contribution in [3.8, 4) is 34.5 Å². The third-order valence-corrected chi connectivity index (χ3v) is 16.8. The molecule has 0 N–H and O–H groups in total. The van der Waals surface area contributed by atoms with Crippen molar-refractivity contribution in [2.24, 2.45) is 22.2 Å². The van der Waals surface area contributed by atoms with E-state index in [4.69, 9.17) is 152 Å². The van der Waals surface area contributed by atoms with Crippen LogP contribution in [0.5, 0.6) is 34.5 Å². The molecule has 2 fully saturated rings. The van der Waals surface area contributed by atoms with E-state index in [1.807, 2.05) is 0 Å². The molecule has 1 aromatic carbocycles. The molecule has 0 heterocycles. The van der Waals surface area contributed by atoms with Crippen molar-refractivity contribution in [2.45, 2.75) is 86.1 Å². The minimum atomic E-state index is -0.350. The van der Waals surface area contributed by atoms with Crippen molar-refractivity contribution >= 4 is 0 Å². The highest BCUT2D eigenvalue weighted by molar-refractivity contribution is 5.73. The Hall–Kier alpha value is -3.02. The fourth-order valence-electron chi connectivity index (χ4n) is 12.6. The van der Waals surface area contributed by atoms with Crippen LogP contribution in [0.25, 0.3) is 0 Å². The predicted molar refractivity (Wildman–Crippen MR) is 381 cm³/mol. The fraction of sp³-hybridized carbons (Fsp3) is 0.914. The summed E-state index contributed by atoms with van der Waals surface area (Å²) in [5.74, 6) is 2.56. The molecule has 32 nitrogen and oxygen atoms in total. The van der Waals surface area contributed by atoms with Gasteiger partial charge >= 0.3 is 0 Å². The van der Waals surface area contributed by atoms with Crippen molar-refractivity contribution in [1.82, 2.24) is 0 Å². The summed E-state index contributed by atoms with van der Waals surface area (Å²) in [5, 5.41) is 0. The standard InChI is InChI=1S/C16H34O7.C12H18O6.C12H24O5.C11H22O5.C10H22O5.C9H20O4/c1-17-7-15(8-18-2,9-19-3)13-23-14-16(10-20-4,11-21-5)12-22-6;1-13-7-8(14-2)10(16-4)12(18-6)11(17-5)9(7)15-3;1-13-7-8-6-9(14-2)11(16-4)12(17-5)10(8)15-3;1-12-7-6-8(13-2)10(15-4)11(16-5)9(7)14-3;1-11-6-8(13-3)10(15-5)9(14-4)7-12-2;1-10-5-9(6-11-2,7-12-3)8-13-4/h7-14H2,1-6H3;1-6H3;8-12H,6-7H2,1-5H3;7-11H,6H2,1-5H3;8-10H,6-7H2,1-5H3;5-8H2,1-4H3. The van der Waals surface area contributed by atoms with Gasteiger partial charge in [-0.2, -0.15) is 0 Å². The topological polar surface area (TPSA) is 295 Å². The van der Waals surface area contributed by atoms with Gasteiger partial charge in [0.05, 0.1) is 182 Å². The van der Waals surface area contributed by atoms with Crippen molar-refractivity contribution in [1.29, 1.82) is 0 Å². The van der Waals surface area contributed by atoms with E-state index in [1.165, 1.54) is 42.7 Å². The first-order valence-electron chi connectivity index (χ1n) is 33.0. The SMILES string of the molecule is COC1CC(OC)C(OC)C(OC)C1OC.COCC(COC)(COC)COC.COCC(COC)(COC)COCC(COC)(COC)COC.COCC(OC)C(OC)C(COC)OC.COCC1CC(OC)C(OC)C(OC)C1OC.COc1c(OC)c(OC)c(OC)c(OC)c1OC. The van der Waals surface area contributed by atoms with Crippen LogP contribution in [-0.2, 0) is 123 Å². The zero-order valence-electron chi connectivity index (χ0n) is 68.1. The molecule has 11 atom stereocenters. The van der Waals surface area contributed by atoms with Crippen LogP contribution in [-0.4, -0.2) is 393 Å². The summed E-state index contributed by atoms with van der Waals surface area (Å²) >= 11 is 0. The van der Waals surface area contributed by atoms with Crippen LogP contribution in [0.4, 0.5) is 0 Å². The van der Waals surface area contributed by atoms with Crippen molar-refractivity contribution < 1.29 is 152 Å². The molecule has 0 bridgehead atoms. The largest absolute Gasteiger partial charge is 0.490 e. The first-order chi connectivity index (χ1) is 49.2.